The molecule has 0 bridgehead atoms. The third-order valence-electron chi connectivity index (χ3n) is 4.31. The van der Waals surface area contributed by atoms with Crippen LogP contribution in [0.25, 0.3) is 0 Å². The highest BCUT2D eigenvalue weighted by Crippen LogP contribution is 2.31. The second-order valence-electron chi connectivity index (χ2n) is 5.52. The van der Waals surface area contributed by atoms with Crippen molar-refractivity contribution in [3.8, 4) is 0 Å². The minimum atomic E-state index is -0.521. The second-order valence-corrected chi connectivity index (χ2v) is 5.52. The van der Waals surface area contributed by atoms with Gasteiger partial charge >= 0.3 is 0 Å². The summed E-state index contributed by atoms with van der Waals surface area (Å²) in [5.74, 6) is -0.554. The third kappa shape index (κ3) is 2.65. The Morgan fingerprint density at radius 1 is 1.11 bits per heavy atom. The highest BCUT2D eigenvalue weighted by Gasteiger charge is 2.31. The van der Waals surface area contributed by atoms with Gasteiger partial charge in [-0.15, -0.1) is 0 Å². The van der Waals surface area contributed by atoms with Crippen molar-refractivity contribution in [3.05, 3.63) is 35.4 Å². The van der Waals surface area contributed by atoms with Crippen molar-refractivity contribution >= 4 is 0 Å². The van der Waals surface area contributed by atoms with Crippen molar-refractivity contribution in [2.24, 2.45) is 5.92 Å². The summed E-state index contributed by atoms with van der Waals surface area (Å²) in [6.45, 7) is 1.08. The Hall–Kier alpha value is -1.00. The highest BCUT2D eigenvalue weighted by molar-refractivity contribution is 5.23. The smallest absolute Gasteiger partial charge is 0.132 e. The molecule has 0 spiro atoms. The molecule has 0 radical (unpaired) electrons. The lowest BCUT2D eigenvalue weighted by atomic mass is 9.85. The standard InChI is InChI=1S/C15H19F2NO/c16-11-5-3-6-12(17)15(11)14-8-18-13-7-2-1-4-10(13)9-19-14/h3,5-6,10,13-14,18H,1-2,4,7-9H2. The summed E-state index contributed by atoms with van der Waals surface area (Å²) in [7, 11) is 0. The van der Waals surface area contributed by atoms with E-state index in [2.05, 4.69) is 5.32 Å². The fourth-order valence-corrected chi connectivity index (χ4v) is 3.24. The van der Waals surface area contributed by atoms with Crippen molar-refractivity contribution in [2.45, 2.75) is 37.8 Å². The molecule has 1 aromatic rings. The van der Waals surface area contributed by atoms with Gasteiger partial charge in [0.1, 0.15) is 17.7 Å². The SMILES string of the molecule is Fc1cccc(F)c1C1CNC2CCCCC2CO1. The molecule has 3 atom stereocenters. The van der Waals surface area contributed by atoms with Crippen molar-refractivity contribution < 1.29 is 13.5 Å². The van der Waals surface area contributed by atoms with Gasteiger partial charge in [-0.3, -0.25) is 0 Å². The van der Waals surface area contributed by atoms with Gasteiger partial charge in [0.25, 0.3) is 0 Å². The van der Waals surface area contributed by atoms with Crippen molar-refractivity contribution in [3.63, 3.8) is 0 Å². The van der Waals surface area contributed by atoms with E-state index in [4.69, 9.17) is 4.74 Å². The molecule has 4 heteroatoms. The average Bonchev–Trinajstić information content (AvgIpc) is 2.62. The van der Waals surface area contributed by atoms with Gasteiger partial charge in [0.15, 0.2) is 0 Å². The van der Waals surface area contributed by atoms with Crippen LogP contribution in [0.15, 0.2) is 18.2 Å². The summed E-state index contributed by atoms with van der Waals surface area (Å²) >= 11 is 0. The Kier molecular flexibility index (Phi) is 3.80. The van der Waals surface area contributed by atoms with Gasteiger partial charge in [-0.1, -0.05) is 18.9 Å². The summed E-state index contributed by atoms with van der Waals surface area (Å²) in [5.41, 5.74) is 0.0636. The summed E-state index contributed by atoms with van der Waals surface area (Å²) in [6, 6.07) is 4.41. The number of benzene rings is 1. The Labute approximate surface area is 112 Å². The Morgan fingerprint density at radius 3 is 2.63 bits per heavy atom. The minimum Gasteiger partial charge on any atom is -0.372 e. The third-order valence-corrected chi connectivity index (χ3v) is 4.31. The number of nitrogens with one attached hydrogen (secondary N) is 1. The zero-order valence-corrected chi connectivity index (χ0v) is 10.9. The van der Waals surface area contributed by atoms with E-state index < -0.39 is 17.7 Å². The van der Waals surface area contributed by atoms with Crippen LogP contribution in [-0.2, 0) is 4.74 Å². The first-order valence-electron chi connectivity index (χ1n) is 7.04. The maximum absolute atomic E-state index is 13.8. The largest absolute Gasteiger partial charge is 0.372 e. The van der Waals surface area contributed by atoms with Crippen LogP contribution < -0.4 is 5.32 Å². The molecule has 0 aromatic heterocycles. The Balaban J connectivity index is 1.79. The van der Waals surface area contributed by atoms with Gasteiger partial charge in [0.2, 0.25) is 0 Å². The van der Waals surface area contributed by atoms with Crippen LogP contribution >= 0.6 is 0 Å². The quantitative estimate of drug-likeness (QED) is 0.843. The van der Waals surface area contributed by atoms with Crippen LogP contribution in [0, 0.1) is 17.6 Å². The second kappa shape index (κ2) is 5.55. The van der Waals surface area contributed by atoms with Gasteiger partial charge in [0, 0.05) is 12.6 Å². The number of halogens is 2. The predicted octanol–water partition coefficient (Wildman–Crippen LogP) is 3.18. The maximum Gasteiger partial charge on any atom is 0.132 e. The molecular formula is C15H19F2NO. The minimum absolute atomic E-state index is 0.0636. The molecule has 1 saturated heterocycles. The summed E-state index contributed by atoms with van der Waals surface area (Å²) in [6.07, 6.45) is 4.22. The number of rotatable bonds is 1. The van der Waals surface area contributed by atoms with E-state index >= 15 is 0 Å². The Morgan fingerprint density at radius 2 is 1.84 bits per heavy atom. The number of hydrogen-bond acceptors (Lipinski definition) is 2. The van der Waals surface area contributed by atoms with Crippen molar-refractivity contribution in [1.29, 1.82) is 0 Å². The van der Waals surface area contributed by atoms with E-state index in [9.17, 15) is 8.78 Å². The molecule has 1 aromatic carbocycles. The molecule has 1 aliphatic carbocycles. The lowest BCUT2D eigenvalue weighted by molar-refractivity contribution is 0.0361. The van der Waals surface area contributed by atoms with Gasteiger partial charge in [-0.2, -0.15) is 0 Å². The maximum atomic E-state index is 13.8. The molecule has 2 nitrogen and oxygen atoms in total. The first-order valence-corrected chi connectivity index (χ1v) is 7.04. The van der Waals surface area contributed by atoms with Crippen LogP contribution in [0.2, 0.25) is 0 Å². The molecule has 3 unspecified atom stereocenters. The summed E-state index contributed by atoms with van der Waals surface area (Å²) < 4.78 is 33.4. The summed E-state index contributed by atoms with van der Waals surface area (Å²) in [4.78, 5) is 0. The molecule has 1 heterocycles. The lowest BCUT2D eigenvalue weighted by Crippen LogP contribution is -2.38. The van der Waals surface area contributed by atoms with E-state index in [-0.39, 0.29) is 5.56 Å². The average molecular weight is 267 g/mol. The molecule has 1 N–H and O–H groups in total. The normalized spacial score (nSPS) is 31.6. The Bertz CT molecular complexity index is 416. The van der Waals surface area contributed by atoms with E-state index in [0.717, 1.165) is 12.8 Å². The topological polar surface area (TPSA) is 21.3 Å². The van der Waals surface area contributed by atoms with Crippen LogP contribution in [-0.4, -0.2) is 19.2 Å². The molecule has 2 fully saturated rings. The van der Waals surface area contributed by atoms with E-state index in [1.165, 1.54) is 31.0 Å². The molecule has 104 valence electrons. The molecule has 0 amide bonds. The first-order chi connectivity index (χ1) is 9.25. The molecule has 3 rings (SSSR count). The fourth-order valence-electron chi connectivity index (χ4n) is 3.24. The number of hydrogen-bond donors (Lipinski definition) is 1. The lowest BCUT2D eigenvalue weighted by Gasteiger charge is -2.29. The summed E-state index contributed by atoms with van der Waals surface area (Å²) in [5, 5.41) is 3.43. The molecule has 2 aliphatic rings. The van der Waals surface area contributed by atoms with E-state index in [0.29, 0.717) is 25.1 Å². The molecule has 1 saturated carbocycles. The highest BCUT2D eigenvalue weighted by atomic mass is 19.1. The molecule has 19 heavy (non-hydrogen) atoms. The van der Waals surface area contributed by atoms with Crippen LogP contribution in [0.3, 0.4) is 0 Å². The molecular weight excluding hydrogens is 248 g/mol. The van der Waals surface area contributed by atoms with E-state index in [1.54, 1.807) is 0 Å². The predicted molar refractivity (Wildman–Crippen MR) is 68.8 cm³/mol. The fraction of sp³-hybridized carbons (Fsp3) is 0.600. The van der Waals surface area contributed by atoms with Gasteiger partial charge in [-0.05, 0) is 30.9 Å². The number of ether oxygens (including phenoxy) is 1. The monoisotopic (exact) mass is 267 g/mol. The van der Waals surface area contributed by atoms with Crippen LogP contribution in [0.5, 0.6) is 0 Å². The van der Waals surface area contributed by atoms with E-state index in [1.807, 2.05) is 0 Å². The zero-order chi connectivity index (χ0) is 13.2. The zero-order valence-electron chi connectivity index (χ0n) is 10.9. The van der Waals surface area contributed by atoms with Crippen LogP contribution in [0.1, 0.15) is 37.4 Å². The van der Waals surface area contributed by atoms with Gasteiger partial charge < -0.3 is 10.1 Å². The van der Waals surface area contributed by atoms with Crippen molar-refractivity contribution in [1.82, 2.24) is 5.32 Å². The van der Waals surface area contributed by atoms with Gasteiger partial charge in [-0.25, -0.2) is 8.78 Å². The van der Waals surface area contributed by atoms with Crippen molar-refractivity contribution in [2.75, 3.05) is 13.2 Å². The molecule has 1 aliphatic heterocycles. The van der Waals surface area contributed by atoms with Gasteiger partial charge in [0.05, 0.1) is 12.2 Å². The number of fused-ring (bicyclic) bond motifs is 1. The first kappa shape index (κ1) is 13.0. The van der Waals surface area contributed by atoms with Crippen LogP contribution in [0.4, 0.5) is 8.78 Å².